The van der Waals surface area contributed by atoms with E-state index in [1.807, 2.05) is 11.8 Å². The number of carboxylic acid groups (broad SMARTS) is 1. The number of carbonyl (C=O) groups is 1. The Morgan fingerprint density at radius 3 is 2.57 bits per heavy atom. The number of rotatable bonds is 6. The van der Waals surface area contributed by atoms with Crippen LogP contribution < -0.4 is 0 Å². The first-order chi connectivity index (χ1) is 6.51. The van der Waals surface area contributed by atoms with Crippen molar-refractivity contribution >= 4 is 29.2 Å². The molecule has 3 nitrogen and oxygen atoms in total. The maximum absolute atomic E-state index is 10.6. The lowest BCUT2D eigenvalue weighted by atomic mass is 10.2. The summed E-state index contributed by atoms with van der Waals surface area (Å²) in [5, 5.41) is 9.24. The first kappa shape index (κ1) is 13.8. The standard InChI is InChI=1S/C9H15Cl2NO2/c1-3-12(6-8(11)4-10)5-7(2)9(13)14/h4,7H,3,5-6H2,1-2H3,(H,13,14). The zero-order chi connectivity index (χ0) is 11.1. The van der Waals surface area contributed by atoms with Gasteiger partial charge in [-0.2, -0.15) is 0 Å². The zero-order valence-corrected chi connectivity index (χ0v) is 9.85. The van der Waals surface area contributed by atoms with Crippen LogP contribution in [0.15, 0.2) is 10.6 Å². The molecule has 1 atom stereocenters. The molecule has 0 saturated heterocycles. The Kier molecular flexibility index (Phi) is 6.97. The van der Waals surface area contributed by atoms with Crippen LogP contribution in [0.25, 0.3) is 0 Å². The van der Waals surface area contributed by atoms with Crippen molar-refractivity contribution in [3.05, 3.63) is 10.6 Å². The Balaban J connectivity index is 4.09. The van der Waals surface area contributed by atoms with Gasteiger partial charge >= 0.3 is 5.97 Å². The molecule has 0 aromatic heterocycles. The smallest absolute Gasteiger partial charge is 0.307 e. The van der Waals surface area contributed by atoms with E-state index in [9.17, 15) is 4.79 Å². The second-order valence-corrected chi connectivity index (χ2v) is 3.83. The van der Waals surface area contributed by atoms with Crippen molar-refractivity contribution in [3.8, 4) is 0 Å². The summed E-state index contributed by atoms with van der Waals surface area (Å²) in [6, 6.07) is 0. The van der Waals surface area contributed by atoms with Crippen molar-refractivity contribution in [2.24, 2.45) is 5.92 Å². The molecule has 0 rings (SSSR count). The second kappa shape index (κ2) is 7.10. The molecule has 0 aliphatic heterocycles. The number of nitrogens with zero attached hydrogens (tertiary/aromatic N) is 1. The second-order valence-electron chi connectivity index (χ2n) is 3.12. The van der Waals surface area contributed by atoms with Gasteiger partial charge in [0.2, 0.25) is 0 Å². The number of likely N-dealkylation sites (N-methyl/N-ethyl adjacent to an activating group) is 1. The van der Waals surface area contributed by atoms with E-state index in [2.05, 4.69) is 0 Å². The van der Waals surface area contributed by atoms with Crippen molar-refractivity contribution in [3.63, 3.8) is 0 Å². The van der Waals surface area contributed by atoms with Crippen LogP contribution in [-0.4, -0.2) is 35.6 Å². The van der Waals surface area contributed by atoms with Crippen molar-refractivity contribution in [2.75, 3.05) is 19.6 Å². The predicted octanol–water partition coefficient (Wildman–Crippen LogP) is 2.35. The van der Waals surface area contributed by atoms with Gasteiger partial charge in [-0.1, -0.05) is 37.0 Å². The van der Waals surface area contributed by atoms with E-state index in [4.69, 9.17) is 28.3 Å². The third-order valence-corrected chi connectivity index (χ3v) is 2.50. The van der Waals surface area contributed by atoms with Crippen LogP contribution in [0.2, 0.25) is 0 Å². The van der Waals surface area contributed by atoms with E-state index in [-0.39, 0.29) is 0 Å². The summed E-state index contributed by atoms with van der Waals surface area (Å²) < 4.78 is 0. The third kappa shape index (κ3) is 5.47. The Labute approximate surface area is 94.3 Å². The van der Waals surface area contributed by atoms with Crippen LogP contribution in [0, 0.1) is 5.92 Å². The lowest BCUT2D eigenvalue weighted by Crippen LogP contribution is -2.32. The van der Waals surface area contributed by atoms with E-state index < -0.39 is 11.9 Å². The van der Waals surface area contributed by atoms with E-state index in [1.165, 1.54) is 5.54 Å². The fourth-order valence-corrected chi connectivity index (χ4v) is 1.26. The molecule has 0 aliphatic carbocycles. The Morgan fingerprint density at radius 2 is 2.21 bits per heavy atom. The fourth-order valence-electron chi connectivity index (χ4n) is 1.02. The number of hydrogen-bond donors (Lipinski definition) is 1. The molecule has 0 spiro atoms. The van der Waals surface area contributed by atoms with Crippen LogP contribution in [0.4, 0.5) is 0 Å². The monoisotopic (exact) mass is 239 g/mol. The van der Waals surface area contributed by atoms with Gasteiger partial charge in [0.1, 0.15) is 0 Å². The van der Waals surface area contributed by atoms with E-state index in [0.717, 1.165) is 6.54 Å². The fraction of sp³-hybridized carbons (Fsp3) is 0.667. The maximum atomic E-state index is 10.6. The topological polar surface area (TPSA) is 40.5 Å². The van der Waals surface area contributed by atoms with Gasteiger partial charge < -0.3 is 5.11 Å². The van der Waals surface area contributed by atoms with Gasteiger partial charge in [-0.15, -0.1) is 0 Å². The first-order valence-electron chi connectivity index (χ1n) is 4.41. The van der Waals surface area contributed by atoms with Gasteiger partial charge in [0.15, 0.2) is 0 Å². The molecular formula is C9H15Cl2NO2. The van der Waals surface area contributed by atoms with E-state index >= 15 is 0 Å². The molecule has 0 amide bonds. The molecule has 1 N–H and O–H groups in total. The molecular weight excluding hydrogens is 225 g/mol. The highest BCUT2D eigenvalue weighted by Gasteiger charge is 2.15. The van der Waals surface area contributed by atoms with E-state index in [0.29, 0.717) is 18.1 Å². The first-order valence-corrected chi connectivity index (χ1v) is 5.22. The van der Waals surface area contributed by atoms with Crippen molar-refractivity contribution in [2.45, 2.75) is 13.8 Å². The Bertz CT molecular complexity index is 219. The highest BCUT2D eigenvalue weighted by Crippen LogP contribution is 2.08. The van der Waals surface area contributed by atoms with Gasteiger partial charge in [-0.25, -0.2) is 0 Å². The lowest BCUT2D eigenvalue weighted by Gasteiger charge is -2.21. The summed E-state index contributed by atoms with van der Waals surface area (Å²) in [6.45, 7) is 5.35. The molecule has 0 bridgehead atoms. The van der Waals surface area contributed by atoms with Gasteiger partial charge in [0, 0.05) is 23.7 Å². The van der Waals surface area contributed by atoms with Crippen LogP contribution in [0.3, 0.4) is 0 Å². The molecule has 82 valence electrons. The number of halogens is 2. The number of aliphatic carboxylic acids is 1. The van der Waals surface area contributed by atoms with Crippen molar-refractivity contribution < 1.29 is 9.90 Å². The summed E-state index contributed by atoms with van der Waals surface area (Å²) in [5.74, 6) is -1.19. The van der Waals surface area contributed by atoms with Gasteiger partial charge in [0.25, 0.3) is 0 Å². The van der Waals surface area contributed by atoms with Crippen LogP contribution >= 0.6 is 23.2 Å². The molecule has 0 aromatic rings. The molecule has 5 heteroatoms. The summed E-state index contributed by atoms with van der Waals surface area (Å²) in [5.41, 5.74) is 1.30. The average Bonchev–Trinajstić information content (AvgIpc) is 2.16. The third-order valence-electron chi connectivity index (χ3n) is 1.89. The minimum Gasteiger partial charge on any atom is -0.481 e. The molecule has 0 fully saturated rings. The normalized spacial score (nSPS) is 14.5. The van der Waals surface area contributed by atoms with Gasteiger partial charge in [-0.05, 0) is 6.54 Å². The largest absolute Gasteiger partial charge is 0.481 e. The number of carboxylic acids is 1. The Morgan fingerprint density at radius 1 is 1.64 bits per heavy atom. The maximum Gasteiger partial charge on any atom is 0.307 e. The summed E-state index contributed by atoms with van der Waals surface area (Å²) in [4.78, 5) is 12.5. The molecule has 14 heavy (non-hydrogen) atoms. The number of hydrogen-bond acceptors (Lipinski definition) is 2. The Hall–Kier alpha value is -0.250. The highest BCUT2D eigenvalue weighted by molar-refractivity contribution is 6.36. The zero-order valence-electron chi connectivity index (χ0n) is 8.33. The van der Waals surface area contributed by atoms with Crippen molar-refractivity contribution in [1.29, 1.82) is 0 Å². The van der Waals surface area contributed by atoms with E-state index in [1.54, 1.807) is 6.92 Å². The van der Waals surface area contributed by atoms with Crippen LogP contribution in [0.1, 0.15) is 13.8 Å². The minimum atomic E-state index is -0.797. The lowest BCUT2D eigenvalue weighted by molar-refractivity contribution is -0.141. The van der Waals surface area contributed by atoms with Gasteiger partial charge in [-0.3, -0.25) is 9.69 Å². The van der Waals surface area contributed by atoms with Crippen LogP contribution in [-0.2, 0) is 4.79 Å². The van der Waals surface area contributed by atoms with Crippen molar-refractivity contribution in [1.82, 2.24) is 4.90 Å². The molecule has 0 aliphatic rings. The SMILES string of the molecule is CCN(CC(Cl)=CCl)CC(C)C(=O)O. The molecule has 1 unspecified atom stereocenters. The minimum absolute atomic E-state index is 0.394. The summed E-state index contributed by atoms with van der Waals surface area (Å²) in [7, 11) is 0. The quantitative estimate of drug-likeness (QED) is 0.774. The highest BCUT2D eigenvalue weighted by atomic mass is 35.5. The average molecular weight is 240 g/mol. The predicted molar refractivity (Wildman–Crippen MR) is 58.7 cm³/mol. The summed E-state index contributed by atoms with van der Waals surface area (Å²) in [6.07, 6.45) is 0. The molecule has 0 radical (unpaired) electrons. The summed E-state index contributed by atoms with van der Waals surface area (Å²) >= 11 is 11.2. The molecule has 0 aromatic carbocycles. The van der Waals surface area contributed by atoms with Gasteiger partial charge in [0.05, 0.1) is 5.92 Å². The van der Waals surface area contributed by atoms with Crippen LogP contribution in [0.5, 0.6) is 0 Å². The molecule has 0 saturated carbocycles. The molecule has 0 heterocycles.